The summed E-state index contributed by atoms with van der Waals surface area (Å²) < 4.78 is 0. The van der Waals surface area contributed by atoms with E-state index in [1.54, 1.807) is 13.1 Å². The van der Waals surface area contributed by atoms with Crippen molar-refractivity contribution >= 4 is 22.6 Å². The topological polar surface area (TPSA) is 40.5 Å². The van der Waals surface area contributed by atoms with Gasteiger partial charge in [-0.2, -0.15) is 0 Å². The van der Waals surface area contributed by atoms with Gasteiger partial charge in [-0.1, -0.05) is 36.4 Å². The molecule has 0 aliphatic rings. The lowest BCUT2D eigenvalue weighted by atomic mass is 10.1. The van der Waals surface area contributed by atoms with Crippen LogP contribution in [-0.4, -0.2) is 18.2 Å². The van der Waals surface area contributed by atoms with Gasteiger partial charge in [0.1, 0.15) is 0 Å². The Bertz CT molecular complexity index is 502. The number of carbonyl (C=O) groups is 1. The molecule has 0 bridgehead atoms. The maximum absolute atomic E-state index is 10.9. The molecule has 1 amide bonds. The number of nitrogens with zero attached hydrogens (tertiary/aromatic N) is 1. The molecule has 76 valence electrons. The highest BCUT2D eigenvalue weighted by Crippen LogP contribution is 2.25. The number of hydrogen-bond donors (Lipinski definition) is 1. The van der Waals surface area contributed by atoms with Crippen molar-refractivity contribution in [3.05, 3.63) is 42.5 Å². The van der Waals surface area contributed by atoms with Crippen LogP contribution in [0.4, 0.5) is 10.5 Å². The standard InChI is InChI=1S/C12H11NO2/c1-13(12(14)15)11-8-4-6-9-5-2-3-7-10(9)11/h2-8H,1H3,(H,14,15). The molecule has 15 heavy (non-hydrogen) atoms. The van der Waals surface area contributed by atoms with Crippen molar-refractivity contribution in [1.29, 1.82) is 0 Å². The molecule has 0 saturated carbocycles. The van der Waals surface area contributed by atoms with Crippen LogP contribution >= 0.6 is 0 Å². The van der Waals surface area contributed by atoms with E-state index >= 15 is 0 Å². The highest BCUT2D eigenvalue weighted by Gasteiger charge is 2.10. The third-order valence-corrected chi connectivity index (χ3v) is 2.41. The first-order valence-corrected chi connectivity index (χ1v) is 4.64. The van der Waals surface area contributed by atoms with Crippen LogP contribution in [0.25, 0.3) is 10.8 Å². The molecular formula is C12H11NO2. The van der Waals surface area contributed by atoms with Crippen LogP contribution in [0.2, 0.25) is 0 Å². The average molecular weight is 201 g/mol. The Hall–Kier alpha value is -2.03. The normalized spacial score (nSPS) is 10.2. The zero-order valence-electron chi connectivity index (χ0n) is 8.34. The van der Waals surface area contributed by atoms with Crippen LogP contribution in [0.3, 0.4) is 0 Å². The van der Waals surface area contributed by atoms with Gasteiger partial charge in [-0.05, 0) is 11.5 Å². The average Bonchev–Trinajstić information content (AvgIpc) is 2.27. The van der Waals surface area contributed by atoms with Crippen molar-refractivity contribution < 1.29 is 9.90 Å². The maximum Gasteiger partial charge on any atom is 0.411 e. The second-order valence-corrected chi connectivity index (χ2v) is 3.34. The molecule has 0 radical (unpaired) electrons. The van der Waals surface area contributed by atoms with E-state index in [0.29, 0.717) is 5.69 Å². The first kappa shape index (κ1) is 9.52. The molecule has 0 aliphatic carbocycles. The van der Waals surface area contributed by atoms with Gasteiger partial charge in [0.05, 0.1) is 5.69 Å². The fourth-order valence-electron chi connectivity index (χ4n) is 1.60. The lowest BCUT2D eigenvalue weighted by Gasteiger charge is -2.15. The van der Waals surface area contributed by atoms with Gasteiger partial charge < -0.3 is 5.11 Å². The van der Waals surface area contributed by atoms with Crippen LogP contribution in [0, 0.1) is 0 Å². The van der Waals surface area contributed by atoms with E-state index in [0.717, 1.165) is 10.8 Å². The van der Waals surface area contributed by atoms with E-state index in [2.05, 4.69) is 0 Å². The van der Waals surface area contributed by atoms with Gasteiger partial charge in [-0.25, -0.2) is 4.79 Å². The van der Waals surface area contributed by atoms with E-state index in [-0.39, 0.29) is 0 Å². The van der Waals surface area contributed by atoms with E-state index in [4.69, 9.17) is 5.11 Å². The fourth-order valence-corrected chi connectivity index (χ4v) is 1.60. The highest BCUT2D eigenvalue weighted by molar-refractivity contribution is 6.00. The molecule has 0 heterocycles. The first-order chi connectivity index (χ1) is 7.20. The van der Waals surface area contributed by atoms with Gasteiger partial charge in [0.2, 0.25) is 0 Å². The Morgan fingerprint density at radius 1 is 1.13 bits per heavy atom. The number of carboxylic acid groups (broad SMARTS) is 1. The van der Waals surface area contributed by atoms with Crippen LogP contribution in [0.15, 0.2) is 42.5 Å². The number of hydrogen-bond acceptors (Lipinski definition) is 1. The molecule has 0 aliphatic heterocycles. The second-order valence-electron chi connectivity index (χ2n) is 3.34. The molecule has 0 fully saturated rings. The summed E-state index contributed by atoms with van der Waals surface area (Å²) in [5.41, 5.74) is 0.709. The zero-order valence-corrected chi connectivity index (χ0v) is 8.34. The maximum atomic E-state index is 10.9. The van der Waals surface area contributed by atoms with Crippen LogP contribution in [0.1, 0.15) is 0 Å². The quantitative estimate of drug-likeness (QED) is 0.770. The molecule has 0 aromatic heterocycles. The summed E-state index contributed by atoms with van der Waals surface area (Å²) in [5.74, 6) is 0. The predicted molar refractivity (Wildman–Crippen MR) is 60.4 cm³/mol. The van der Waals surface area contributed by atoms with Crippen LogP contribution in [0.5, 0.6) is 0 Å². The van der Waals surface area contributed by atoms with Gasteiger partial charge in [0, 0.05) is 12.4 Å². The second kappa shape index (κ2) is 3.61. The minimum absolute atomic E-state index is 0.709. The summed E-state index contributed by atoms with van der Waals surface area (Å²) in [4.78, 5) is 12.1. The van der Waals surface area contributed by atoms with Gasteiger partial charge in [0.25, 0.3) is 0 Å². The smallest absolute Gasteiger partial charge is 0.411 e. The van der Waals surface area contributed by atoms with E-state index in [9.17, 15) is 4.79 Å². The summed E-state index contributed by atoms with van der Waals surface area (Å²) in [7, 11) is 1.55. The van der Waals surface area contributed by atoms with E-state index < -0.39 is 6.09 Å². The molecular weight excluding hydrogens is 190 g/mol. The molecule has 3 nitrogen and oxygen atoms in total. The molecule has 0 atom stereocenters. The lowest BCUT2D eigenvalue weighted by molar-refractivity contribution is 0.203. The largest absolute Gasteiger partial charge is 0.465 e. The third kappa shape index (κ3) is 1.64. The minimum Gasteiger partial charge on any atom is -0.465 e. The highest BCUT2D eigenvalue weighted by atomic mass is 16.4. The zero-order chi connectivity index (χ0) is 10.8. The van der Waals surface area contributed by atoms with Gasteiger partial charge in [0.15, 0.2) is 0 Å². The lowest BCUT2D eigenvalue weighted by Crippen LogP contribution is -2.23. The summed E-state index contributed by atoms with van der Waals surface area (Å²) >= 11 is 0. The predicted octanol–water partition coefficient (Wildman–Crippen LogP) is 2.95. The summed E-state index contributed by atoms with van der Waals surface area (Å²) in [6, 6.07) is 13.4. The van der Waals surface area contributed by atoms with Gasteiger partial charge >= 0.3 is 6.09 Å². The first-order valence-electron chi connectivity index (χ1n) is 4.64. The van der Waals surface area contributed by atoms with Gasteiger partial charge in [-0.3, -0.25) is 4.90 Å². The van der Waals surface area contributed by atoms with Crippen molar-refractivity contribution in [2.45, 2.75) is 0 Å². The number of rotatable bonds is 1. The Kier molecular flexibility index (Phi) is 2.29. The molecule has 0 spiro atoms. The Balaban J connectivity index is 2.65. The number of benzene rings is 2. The van der Waals surface area contributed by atoms with E-state index in [1.807, 2.05) is 36.4 Å². The van der Waals surface area contributed by atoms with Crippen molar-refractivity contribution in [3.8, 4) is 0 Å². The molecule has 0 saturated heterocycles. The number of fused-ring (bicyclic) bond motifs is 1. The monoisotopic (exact) mass is 201 g/mol. The summed E-state index contributed by atoms with van der Waals surface area (Å²) in [6.45, 7) is 0. The summed E-state index contributed by atoms with van der Waals surface area (Å²) in [6.07, 6.45) is -0.952. The van der Waals surface area contributed by atoms with Crippen molar-refractivity contribution in [1.82, 2.24) is 0 Å². The minimum atomic E-state index is -0.952. The number of anilines is 1. The van der Waals surface area contributed by atoms with Crippen molar-refractivity contribution in [2.75, 3.05) is 11.9 Å². The molecule has 2 aromatic rings. The van der Waals surface area contributed by atoms with Crippen molar-refractivity contribution in [2.24, 2.45) is 0 Å². The van der Waals surface area contributed by atoms with E-state index in [1.165, 1.54) is 4.90 Å². The summed E-state index contributed by atoms with van der Waals surface area (Å²) in [5, 5.41) is 10.9. The Labute approximate surface area is 87.6 Å². The molecule has 3 heteroatoms. The third-order valence-electron chi connectivity index (χ3n) is 2.41. The Morgan fingerprint density at radius 3 is 2.53 bits per heavy atom. The molecule has 0 unspecified atom stereocenters. The van der Waals surface area contributed by atoms with Crippen LogP contribution < -0.4 is 4.90 Å². The SMILES string of the molecule is CN(C(=O)O)c1cccc2ccccc12. The molecule has 2 rings (SSSR count). The van der Waals surface area contributed by atoms with Crippen LogP contribution in [-0.2, 0) is 0 Å². The Morgan fingerprint density at radius 2 is 1.80 bits per heavy atom. The molecule has 2 aromatic carbocycles. The number of amides is 1. The van der Waals surface area contributed by atoms with Gasteiger partial charge in [-0.15, -0.1) is 0 Å². The fraction of sp³-hybridized carbons (Fsp3) is 0.0833. The molecule has 1 N–H and O–H groups in total. The van der Waals surface area contributed by atoms with Crippen molar-refractivity contribution in [3.63, 3.8) is 0 Å².